The van der Waals surface area contributed by atoms with Crippen molar-refractivity contribution in [2.24, 2.45) is 5.11 Å². The Morgan fingerprint density at radius 3 is 2.33 bits per heavy atom. The molecule has 186 valence electrons. The lowest BCUT2D eigenvalue weighted by Gasteiger charge is -2.21. The van der Waals surface area contributed by atoms with Crippen molar-refractivity contribution in [2.45, 2.75) is 24.6 Å². The van der Waals surface area contributed by atoms with Crippen molar-refractivity contribution in [3.63, 3.8) is 0 Å². The first-order valence-corrected chi connectivity index (χ1v) is 10.7. The number of alkyl halides is 1. The Kier molecular flexibility index (Phi) is 7.30. The zero-order chi connectivity index (χ0) is 25.7. The molecule has 0 unspecified atom stereocenters. The molecule has 0 saturated carbocycles. The van der Waals surface area contributed by atoms with E-state index in [-0.39, 0.29) is 22.9 Å². The monoisotopic (exact) mass is 496 g/mol. The fourth-order valence-electron chi connectivity index (χ4n) is 3.50. The van der Waals surface area contributed by atoms with Gasteiger partial charge in [-0.25, -0.2) is 19.5 Å². The highest BCUT2D eigenvalue weighted by Crippen LogP contribution is 2.30. The van der Waals surface area contributed by atoms with Crippen molar-refractivity contribution in [3.8, 4) is 0 Å². The van der Waals surface area contributed by atoms with E-state index in [9.17, 15) is 14.4 Å². The van der Waals surface area contributed by atoms with Gasteiger partial charge in [0.25, 0.3) is 5.56 Å². The van der Waals surface area contributed by atoms with E-state index in [0.29, 0.717) is 0 Å². The second-order valence-electron chi connectivity index (χ2n) is 7.64. The van der Waals surface area contributed by atoms with Crippen LogP contribution in [-0.4, -0.2) is 53.1 Å². The number of esters is 2. The molecule has 1 aliphatic heterocycles. The van der Waals surface area contributed by atoms with Gasteiger partial charge in [0.2, 0.25) is 5.95 Å². The minimum atomic E-state index is -1.94. The average Bonchev–Trinajstić information content (AvgIpc) is 3.17. The molecule has 1 aliphatic rings. The minimum Gasteiger partial charge on any atom is -0.459 e. The Bertz CT molecular complexity index is 1310. The maximum absolute atomic E-state index is 15.5. The lowest BCUT2D eigenvalue weighted by Crippen LogP contribution is -2.39. The molecule has 1 aromatic heterocycles. The van der Waals surface area contributed by atoms with Crippen LogP contribution in [0.3, 0.4) is 0 Å². The summed E-state index contributed by atoms with van der Waals surface area (Å²) in [7, 11) is 0. The third kappa shape index (κ3) is 5.36. The normalized spacial score (nSPS) is 20.9. The topological polar surface area (TPSA) is 182 Å². The number of nitrogens with zero attached hydrogens (tertiary/aromatic N) is 2. The molecule has 0 radical (unpaired) electrons. The number of nitrogens with two attached hydrogens (primary N) is 1. The highest BCUT2D eigenvalue weighted by molar-refractivity contribution is 5.90. The zero-order valence-electron chi connectivity index (χ0n) is 18.6. The van der Waals surface area contributed by atoms with E-state index < -0.39 is 54.4 Å². The zero-order valence-corrected chi connectivity index (χ0v) is 18.6. The van der Waals surface area contributed by atoms with Crippen LogP contribution in [0.4, 0.5) is 21.8 Å². The van der Waals surface area contributed by atoms with Gasteiger partial charge in [-0.05, 0) is 24.3 Å². The van der Waals surface area contributed by atoms with Crippen molar-refractivity contribution >= 4 is 29.4 Å². The molecule has 36 heavy (non-hydrogen) atoms. The second-order valence-corrected chi connectivity index (χ2v) is 7.64. The van der Waals surface area contributed by atoms with E-state index >= 15 is 4.39 Å². The summed E-state index contributed by atoms with van der Waals surface area (Å²) in [4.78, 5) is 43.0. The van der Waals surface area contributed by atoms with Crippen LogP contribution in [0, 0.1) is 5.53 Å². The Labute approximate surface area is 203 Å². The van der Waals surface area contributed by atoms with Crippen LogP contribution in [0.5, 0.6) is 0 Å². The Morgan fingerprint density at radius 1 is 1.11 bits per heavy atom. The highest BCUT2D eigenvalue weighted by Gasteiger charge is 2.49. The Balaban J connectivity index is 1.56. The number of anilines is 2. The summed E-state index contributed by atoms with van der Waals surface area (Å²) >= 11 is 0. The maximum Gasteiger partial charge on any atom is 0.338 e. The standard InChI is InChI=1S/C23H21FN6O6/c24-15-14(11-34-21(32)12-7-3-1-4-8-12)35-20(17(15)36-22(33)13-9-5-2-6-10-13)27-18-16(30-26)19(31)29-23(25)28-18/h1-10,14-15,17,20,26H,11H2,(H4,25,27,28,29,31)/t14-,15-,17-,20-/m1/s1. The largest absolute Gasteiger partial charge is 0.459 e. The van der Waals surface area contributed by atoms with Crippen molar-refractivity contribution in [2.75, 3.05) is 17.7 Å². The average molecular weight is 496 g/mol. The lowest BCUT2D eigenvalue weighted by atomic mass is 10.1. The quantitative estimate of drug-likeness (QED) is 0.269. The molecule has 1 saturated heterocycles. The van der Waals surface area contributed by atoms with Gasteiger partial charge in [-0.2, -0.15) is 4.98 Å². The number of aromatic amines is 1. The molecular weight excluding hydrogens is 475 g/mol. The summed E-state index contributed by atoms with van der Waals surface area (Å²) in [6.45, 7) is -0.493. The number of carbonyl (C=O) groups excluding carboxylic acids is 2. The van der Waals surface area contributed by atoms with Gasteiger partial charge >= 0.3 is 11.9 Å². The predicted octanol–water partition coefficient (Wildman–Crippen LogP) is 2.57. The molecule has 0 amide bonds. The van der Waals surface area contributed by atoms with E-state index in [2.05, 4.69) is 20.4 Å². The number of halogens is 1. The molecule has 0 aliphatic carbocycles. The van der Waals surface area contributed by atoms with Crippen molar-refractivity contribution in [1.29, 1.82) is 5.53 Å². The number of nitrogen functional groups attached to an aromatic ring is 1. The van der Waals surface area contributed by atoms with E-state index in [0.717, 1.165) is 0 Å². The molecule has 12 nitrogen and oxygen atoms in total. The number of H-pyrrole nitrogens is 1. The molecule has 5 N–H and O–H groups in total. The van der Waals surface area contributed by atoms with Crippen LogP contribution in [0.2, 0.25) is 0 Å². The number of hydrogen-bond acceptors (Lipinski definition) is 11. The van der Waals surface area contributed by atoms with E-state index in [4.69, 9.17) is 25.5 Å². The summed E-state index contributed by atoms with van der Waals surface area (Å²) in [5, 5.41) is 5.74. The third-order valence-corrected chi connectivity index (χ3v) is 5.23. The van der Waals surface area contributed by atoms with Gasteiger partial charge in [0.05, 0.1) is 11.1 Å². The second kappa shape index (κ2) is 10.7. The van der Waals surface area contributed by atoms with E-state index in [1.807, 2.05) is 0 Å². The molecular formula is C23H21FN6O6. The van der Waals surface area contributed by atoms with Crippen molar-refractivity contribution < 1.29 is 28.2 Å². The summed E-state index contributed by atoms with van der Waals surface area (Å²) < 4.78 is 31.7. The summed E-state index contributed by atoms with van der Waals surface area (Å²) in [6, 6.07) is 16.0. The number of ether oxygens (including phenoxy) is 3. The highest BCUT2D eigenvalue weighted by atomic mass is 19.1. The molecule has 13 heteroatoms. The van der Waals surface area contributed by atoms with Crippen molar-refractivity contribution in [3.05, 3.63) is 82.1 Å². The van der Waals surface area contributed by atoms with Crippen molar-refractivity contribution in [1.82, 2.24) is 9.97 Å². The van der Waals surface area contributed by atoms with E-state index in [1.54, 1.807) is 36.4 Å². The van der Waals surface area contributed by atoms with Crippen LogP contribution in [0.15, 0.2) is 70.6 Å². The van der Waals surface area contributed by atoms with Crippen LogP contribution < -0.4 is 16.6 Å². The number of benzene rings is 2. The first-order chi connectivity index (χ1) is 17.4. The van der Waals surface area contributed by atoms with Gasteiger partial charge in [-0.15, -0.1) is 5.11 Å². The Hall–Kier alpha value is -4.65. The summed E-state index contributed by atoms with van der Waals surface area (Å²) in [5.74, 6) is -2.11. The van der Waals surface area contributed by atoms with Crippen LogP contribution in [0.25, 0.3) is 0 Å². The fourth-order valence-corrected chi connectivity index (χ4v) is 3.50. The van der Waals surface area contributed by atoms with Crippen LogP contribution in [-0.2, 0) is 14.2 Å². The number of hydrogen-bond donors (Lipinski definition) is 4. The predicted molar refractivity (Wildman–Crippen MR) is 124 cm³/mol. The van der Waals surface area contributed by atoms with Gasteiger partial charge in [-0.1, -0.05) is 36.4 Å². The molecule has 2 heterocycles. The molecule has 4 rings (SSSR count). The van der Waals surface area contributed by atoms with Crippen LogP contribution >= 0.6 is 0 Å². The Morgan fingerprint density at radius 2 is 1.72 bits per heavy atom. The SMILES string of the molecule is N=Nc1c(N[C@@H]2O[C@H](COC(=O)c3ccccc3)[C@@H](F)[C@H]2OC(=O)c2ccccc2)nc(N)[nH]c1=O. The summed E-state index contributed by atoms with van der Waals surface area (Å²) in [6.07, 6.45) is -6.20. The number of aromatic nitrogens is 2. The fraction of sp³-hybridized carbons (Fsp3) is 0.217. The van der Waals surface area contributed by atoms with Gasteiger partial charge < -0.3 is 25.3 Å². The molecule has 3 aromatic rings. The lowest BCUT2D eigenvalue weighted by molar-refractivity contribution is -0.0186. The molecule has 0 spiro atoms. The first-order valence-electron chi connectivity index (χ1n) is 10.7. The molecule has 2 aromatic carbocycles. The van der Waals surface area contributed by atoms with Gasteiger partial charge in [0.1, 0.15) is 12.7 Å². The summed E-state index contributed by atoms with van der Waals surface area (Å²) in [5.41, 5.74) is 12.0. The number of carbonyl (C=O) groups is 2. The number of rotatable bonds is 8. The maximum atomic E-state index is 15.5. The third-order valence-electron chi connectivity index (χ3n) is 5.23. The minimum absolute atomic E-state index is 0.169. The van der Waals surface area contributed by atoms with Gasteiger partial charge in [-0.3, -0.25) is 9.78 Å². The first kappa shape index (κ1) is 24.5. The molecule has 1 fully saturated rings. The van der Waals surface area contributed by atoms with Crippen LogP contribution in [0.1, 0.15) is 20.7 Å². The van der Waals surface area contributed by atoms with Gasteiger partial charge in [0.15, 0.2) is 30.0 Å². The molecule has 4 atom stereocenters. The van der Waals surface area contributed by atoms with E-state index in [1.165, 1.54) is 24.3 Å². The number of nitrogens with one attached hydrogen (secondary N) is 3. The molecule has 0 bridgehead atoms. The van der Waals surface area contributed by atoms with Gasteiger partial charge in [0, 0.05) is 0 Å². The smallest absolute Gasteiger partial charge is 0.338 e.